The zero-order valence-electron chi connectivity index (χ0n) is 15.8. The van der Waals surface area contributed by atoms with Gasteiger partial charge in [-0.05, 0) is 31.5 Å². The molecule has 0 amide bonds. The average molecular weight is 384 g/mol. The van der Waals surface area contributed by atoms with Gasteiger partial charge in [0.05, 0.1) is 28.5 Å². The number of hydrogen-bond acceptors (Lipinski definition) is 5. The smallest absolute Gasteiger partial charge is 0.333 e. The van der Waals surface area contributed by atoms with Gasteiger partial charge in [0.25, 0.3) is 5.56 Å². The molecule has 142 valence electrons. The molecule has 0 aliphatic carbocycles. The summed E-state index contributed by atoms with van der Waals surface area (Å²) in [5.74, 6) is 0.680. The van der Waals surface area contributed by atoms with Crippen LogP contribution in [-0.4, -0.2) is 19.7 Å². The molecule has 0 aliphatic rings. The molecule has 0 saturated carbocycles. The maximum absolute atomic E-state index is 13.2. The van der Waals surface area contributed by atoms with Crippen LogP contribution >= 0.6 is 0 Å². The molecule has 3 aromatic heterocycles. The summed E-state index contributed by atoms with van der Waals surface area (Å²) in [7, 11) is 0. The second-order valence-electron chi connectivity index (χ2n) is 6.91. The topological polar surface area (TPSA) is 93.8 Å². The summed E-state index contributed by atoms with van der Waals surface area (Å²) in [5, 5.41) is 6.01. The molecule has 1 N–H and O–H groups in total. The van der Waals surface area contributed by atoms with E-state index in [4.69, 9.17) is 4.52 Å². The molecule has 0 atom stereocenters. The van der Waals surface area contributed by atoms with Crippen molar-refractivity contribution in [1.82, 2.24) is 19.7 Å². The van der Waals surface area contributed by atoms with Gasteiger partial charge in [0.15, 0.2) is 0 Å². The molecule has 0 unspecified atom stereocenters. The molecule has 29 heavy (non-hydrogen) atoms. The first-order chi connectivity index (χ1) is 14.0. The van der Waals surface area contributed by atoms with Crippen LogP contribution < -0.4 is 11.2 Å². The number of rotatable bonds is 2. The lowest BCUT2D eigenvalue weighted by Gasteiger charge is -2.10. The van der Waals surface area contributed by atoms with Gasteiger partial charge in [0.1, 0.15) is 5.76 Å². The predicted octanol–water partition coefficient (Wildman–Crippen LogP) is 3.50. The number of pyridine rings is 1. The van der Waals surface area contributed by atoms with Gasteiger partial charge in [0.2, 0.25) is 0 Å². The van der Waals surface area contributed by atoms with E-state index in [9.17, 15) is 9.59 Å². The fourth-order valence-corrected chi connectivity index (χ4v) is 3.77. The molecule has 0 fully saturated rings. The first-order valence-corrected chi connectivity index (χ1v) is 9.10. The lowest BCUT2D eigenvalue weighted by atomic mass is 10.0. The molecular formula is C22H16N4O3. The van der Waals surface area contributed by atoms with E-state index in [2.05, 4.69) is 15.1 Å². The average Bonchev–Trinajstić information content (AvgIpc) is 3.06. The first kappa shape index (κ1) is 17.1. The fourth-order valence-electron chi connectivity index (χ4n) is 3.77. The Morgan fingerprint density at radius 2 is 1.83 bits per heavy atom. The largest absolute Gasteiger partial charge is 0.361 e. The van der Waals surface area contributed by atoms with E-state index in [-0.39, 0.29) is 0 Å². The van der Waals surface area contributed by atoms with E-state index in [1.807, 2.05) is 44.2 Å². The number of fused-ring (bicyclic) bond motifs is 2. The molecule has 0 bridgehead atoms. The molecule has 5 rings (SSSR count). The van der Waals surface area contributed by atoms with Crippen molar-refractivity contribution < 1.29 is 4.52 Å². The Bertz CT molecular complexity index is 1500. The third-order valence-electron chi connectivity index (χ3n) is 5.11. The van der Waals surface area contributed by atoms with Crippen LogP contribution in [0.5, 0.6) is 0 Å². The van der Waals surface area contributed by atoms with Gasteiger partial charge in [-0.1, -0.05) is 35.5 Å². The summed E-state index contributed by atoms with van der Waals surface area (Å²) in [6.45, 7) is 3.68. The van der Waals surface area contributed by atoms with Crippen molar-refractivity contribution in [2.24, 2.45) is 0 Å². The fraction of sp³-hybridized carbons (Fsp3) is 0.0909. The summed E-state index contributed by atoms with van der Waals surface area (Å²) in [5.41, 5.74) is 2.43. The number of nitrogens with one attached hydrogen (secondary N) is 1. The number of aromatic nitrogens is 4. The van der Waals surface area contributed by atoms with Crippen LogP contribution in [0, 0.1) is 13.8 Å². The summed E-state index contributed by atoms with van der Waals surface area (Å²) < 4.78 is 6.36. The molecule has 0 radical (unpaired) electrons. The number of H-pyrrole nitrogens is 1. The molecule has 0 aliphatic heterocycles. The SMILES string of the molecule is Cc1noc(C)c1-c1ccc2c(=O)n(-c3cncc4ccccc34)c(=O)[nH]c2c1. The van der Waals surface area contributed by atoms with Crippen LogP contribution in [0.3, 0.4) is 0 Å². The standard InChI is InChI=1S/C22H16N4O3/c1-12-20(13(2)29-25-12)14-7-8-17-18(9-14)24-22(28)26(21(17)27)19-11-23-10-15-5-3-4-6-16(15)19/h3-11H,1-2H3,(H,24,28). The van der Waals surface area contributed by atoms with Crippen molar-refractivity contribution >= 4 is 21.7 Å². The van der Waals surface area contributed by atoms with Crippen LogP contribution in [-0.2, 0) is 0 Å². The van der Waals surface area contributed by atoms with Crippen molar-refractivity contribution in [3.63, 3.8) is 0 Å². The number of nitrogens with zero attached hydrogens (tertiary/aromatic N) is 3. The highest BCUT2D eigenvalue weighted by molar-refractivity contribution is 5.90. The zero-order valence-corrected chi connectivity index (χ0v) is 15.8. The van der Waals surface area contributed by atoms with E-state index in [0.29, 0.717) is 22.4 Å². The zero-order chi connectivity index (χ0) is 20.1. The van der Waals surface area contributed by atoms with Crippen molar-refractivity contribution in [2.75, 3.05) is 0 Å². The minimum Gasteiger partial charge on any atom is -0.361 e. The van der Waals surface area contributed by atoms with Crippen LogP contribution in [0.1, 0.15) is 11.5 Å². The molecule has 7 nitrogen and oxygen atoms in total. The van der Waals surface area contributed by atoms with Crippen molar-refractivity contribution in [1.29, 1.82) is 0 Å². The summed E-state index contributed by atoms with van der Waals surface area (Å²) in [6.07, 6.45) is 3.23. The molecule has 0 saturated heterocycles. The van der Waals surface area contributed by atoms with Gasteiger partial charge < -0.3 is 9.51 Å². The Labute approximate surface area is 164 Å². The number of aryl methyl sites for hydroxylation is 2. The molecule has 3 heterocycles. The summed E-state index contributed by atoms with van der Waals surface area (Å²) in [6, 6.07) is 12.8. The van der Waals surface area contributed by atoms with Crippen molar-refractivity contribution in [3.8, 4) is 16.8 Å². The minimum absolute atomic E-state index is 0.396. The predicted molar refractivity (Wildman–Crippen MR) is 110 cm³/mol. The second-order valence-corrected chi connectivity index (χ2v) is 6.91. The van der Waals surface area contributed by atoms with E-state index in [0.717, 1.165) is 32.2 Å². The highest BCUT2D eigenvalue weighted by atomic mass is 16.5. The Kier molecular flexibility index (Phi) is 3.70. The molecule has 2 aromatic carbocycles. The highest BCUT2D eigenvalue weighted by Crippen LogP contribution is 2.28. The van der Waals surface area contributed by atoms with Crippen LogP contribution in [0.25, 0.3) is 38.5 Å². The quantitative estimate of drug-likeness (QED) is 0.503. The third-order valence-corrected chi connectivity index (χ3v) is 5.11. The van der Waals surface area contributed by atoms with Crippen molar-refractivity contribution in [3.05, 3.63) is 87.2 Å². The monoisotopic (exact) mass is 384 g/mol. The normalized spacial score (nSPS) is 11.4. The molecule has 0 spiro atoms. The Morgan fingerprint density at radius 1 is 1.00 bits per heavy atom. The van der Waals surface area contributed by atoms with Crippen LogP contribution in [0.2, 0.25) is 0 Å². The van der Waals surface area contributed by atoms with Gasteiger partial charge in [-0.25, -0.2) is 9.36 Å². The summed E-state index contributed by atoms with van der Waals surface area (Å²) >= 11 is 0. The molecular weight excluding hydrogens is 368 g/mol. The maximum Gasteiger partial charge on any atom is 0.333 e. The number of aromatic amines is 1. The number of hydrogen-bond donors (Lipinski definition) is 1. The molecule has 5 aromatic rings. The third kappa shape index (κ3) is 2.59. The Balaban J connectivity index is 1.79. The summed E-state index contributed by atoms with van der Waals surface area (Å²) in [4.78, 5) is 33.1. The van der Waals surface area contributed by atoms with E-state index in [1.165, 1.54) is 6.20 Å². The van der Waals surface area contributed by atoms with Gasteiger partial charge >= 0.3 is 5.69 Å². The molecule has 7 heteroatoms. The second kappa shape index (κ2) is 6.27. The maximum atomic E-state index is 13.2. The Morgan fingerprint density at radius 3 is 2.62 bits per heavy atom. The van der Waals surface area contributed by atoms with Crippen LogP contribution in [0.4, 0.5) is 0 Å². The van der Waals surface area contributed by atoms with E-state index in [1.54, 1.807) is 18.3 Å². The highest BCUT2D eigenvalue weighted by Gasteiger charge is 2.16. The Hall–Kier alpha value is -4.00. The van der Waals surface area contributed by atoms with Gasteiger partial charge in [-0.2, -0.15) is 0 Å². The van der Waals surface area contributed by atoms with Crippen molar-refractivity contribution in [2.45, 2.75) is 13.8 Å². The minimum atomic E-state index is -0.517. The lowest BCUT2D eigenvalue weighted by Crippen LogP contribution is -2.33. The van der Waals surface area contributed by atoms with Crippen LogP contribution in [0.15, 0.2) is 69.0 Å². The van der Waals surface area contributed by atoms with Gasteiger partial charge in [0, 0.05) is 22.5 Å². The van der Waals surface area contributed by atoms with Gasteiger partial charge in [-0.15, -0.1) is 0 Å². The van der Waals surface area contributed by atoms with Gasteiger partial charge in [-0.3, -0.25) is 9.78 Å². The number of benzene rings is 2. The first-order valence-electron chi connectivity index (χ1n) is 9.10. The lowest BCUT2D eigenvalue weighted by molar-refractivity contribution is 0.393. The van der Waals surface area contributed by atoms with E-state index >= 15 is 0 Å². The van der Waals surface area contributed by atoms with E-state index < -0.39 is 11.2 Å².